The predicted molar refractivity (Wildman–Crippen MR) is 74.2 cm³/mol. The first-order valence-electron chi connectivity index (χ1n) is 6.72. The highest BCUT2D eigenvalue weighted by atomic mass is 15.3. The van der Waals surface area contributed by atoms with E-state index >= 15 is 0 Å². The van der Waals surface area contributed by atoms with Gasteiger partial charge in [0.05, 0.1) is 18.6 Å². The number of hydrogen-bond donors (Lipinski definition) is 1. The Balaban J connectivity index is 1.78. The van der Waals surface area contributed by atoms with E-state index in [1.165, 1.54) is 5.56 Å². The van der Waals surface area contributed by atoms with Crippen molar-refractivity contribution in [2.24, 2.45) is 7.05 Å². The normalized spacial score (nSPS) is 19.1. The number of nitrogens with one attached hydrogen (secondary N) is 1. The Morgan fingerprint density at radius 1 is 1.30 bits per heavy atom. The molecule has 102 valence electrons. The van der Waals surface area contributed by atoms with Gasteiger partial charge in [-0.3, -0.25) is 4.68 Å². The van der Waals surface area contributed by atoms with Crippen LogP contribution in [-0.2, 0) is 7.05 Å². The Bertz CT molecular complexity index is 744. The molecule has 0 saturated carbocycles. The SMILES string of the molecule is Cn1cc(C2CCCN2c2ncnc3nc[nH]c23)cn1. The van der Waals surface area contributed by atoms with Crippen LogP contribution in [-0.4, -0.2) is 36.3 Å². The van der Waals surface area contributed by atoms with Crippen LogP contribution in [0, 0.1) is 0 Å². The first kappa shape index (κ1) is 11.4. The highest BCUT2D eigenvalue weighted by molar-refractivity contribution is 5.83. The van der Waals surface area contributed by atoms with Gasteiger partial charge in [-0.05, 0) is 12.8 Å². The molecule has 1 aliphatic heterocycles. The smallest absolute Gasteiger partial charge is 0.182 e. The molecule has 0 aromatic carbocycles. The zero-order valence-corrected chi connectivity index (χ0v) is 11.2. The average molecular weight is 269 g/mol. The van der Waals surface area contributed by atoms with Gasteiger partial charge in [-0.15, -0.1) is 0 Å². The lowest BCUT2D eigenvalue weighted by atomic mass is 10.1. The second-order valence-electron chi connectivity index (χ2n) is 5.10. The minimum absolute atomic E-state index is 0.324. The molecule has 0 amide bonds. The summed E-state index contributed by atoms with van der Waals surface area (Å²) in [4.78, 5) is 18.3. The monoisotopic (exact) mass is 269 g/mol. The lowest BCUT2D eigenvalue weighted by Gasteiger charge is -2.24. The lowest BCUT2D eigenvalue weighted by Crippen LogP contribution is -2.23. The maximum Gasteiger partial charge on any atom is 0.182 e. The van der Waals surface area contributed by atoms with Crippen molar-refractivity contribution >= 4 is 17.0 Å². The van der Waals surface area contributed by atoms with Gasteiger partial charge >= 0.3 is 0 Å². The largest absolute Gasteiger partial charge is 0.348 e. The number of nitrogens with zero attached hydrogens (tertiary/aromatic N) is 6. The van der Waals surface area contributed by atoms with Gasteiger partial charge in [0.25, 0.3) is 0 Å². The van der Waals surface area contributed by atoms with E-state index in [0.717, 1.165) is 30.7 Å². The molecule has 1 unspecified atom stereocenters. The van der Waals surface area contributed by atoms with E-state index in [0.29, 0.717) is 11.7 Å². The summed E-state index contributed by atoms with van der Waals surface area (Å²) in [6.07, 6.45) is 9.53. The Morgan fingerprint density at radius 2 is 2.25 bits per heavy atom. The van der Waals surface area contributed by atoms with Gasteiger partial charge in [0.1, 0.15) is 11.8 Å². The zero-order chi connectivity index (χ0) is 13.5. The van der Waals surface area contributed by atoms with E-state index in [-0.39, 0.29) is 0 Å². The minimum Gasteiger partial charge on any atom is -0.348 e. The summed E-state index contributed by atoms with van der Waals surface area (Å²) in [6.45, 7) is 0.991. The number of anilines is 1. The van der Waals surface area contributed by atoms with Crippen molar-refractivity contribution in [2.75, 3.05) is 11.4 Å². The number of H-pyrrole nitrogens is 1. The van der Waals surface area contributed by atoms with Crippen LogP contribution in [0.2, 0.25) is 0 Å². The molecule has 4 heterocycles. The molecule has 0 spiro atoms. The second-order valence-corrected chi connectivity index (χ2v) is 5.10. The first-order valence-corrected chi connectivity index (χ1v) is 6.72. The van der Waals surface area contributed by atoms with Crippen molar-refractivity contribution in [1.82, 2.24) is 29.7 Å². The van der Waals surface area contributed by atoms with Crippen LogP contribution in [0.25, 0.3) is 11.2 Å². The fourth-order valence-electron chi connectivity index (χ4n) is 2.95. The number of aromatic nitrogens is 6. The maximum absolute atomic E-state index is 4.46. The van der Waals surface area contributed by atoms with E-state index in [9.17, 15) is 0 Å². The van der Waals surface area contributed by atoms with Gasteiger partial charge in [0.15, 0.2) is 11.5 Å². The molecule has 1 saturated heterocycles. The third kappa shape index (κ3) is 1.66. The zero-order valence-electron chi connectivity index (χ0n) is 11.2. The molecule has 7 nitrogen and oxygen atoms in total. The van der Waals surface area contributed by atoms with Gasteiger partial charge in [0, 0.05) is 25.4 Å². The maximum atomic E-state index is 4.46. The summed E-state index contributed by atoms with van der Waals surface area (Å²) in [7, 11) is 1.95. The predicted octanol–water partition coefficient (Wildman–Crippen LogP) is 1.43. The van der Waals surface area contributed by atoms with E-state index in [2.05, 4.69) is 36.1 Å². The number of hydrogen-bond acceptors (Lipinski definition) is 5. The quantitative estimate of drug-likeness (QED) is 0.761. The van der Waals surface area contributed by atoms with E-state index in [1.807, 2.05) is 17.9 Å². The molecule has 0 bridgehead atoms. The fraction of sp³-hybridized carbons (Fsp3) is 0.385. The topological polar surface area (TPSA) is 75.5 Å². The summed E-state index contributed by atoms with van der Waals surface area (Å²) in [5.41, 5.74) is 2.85. The van der Waals surface area contributed by atoms with Crippen LogP contribution in [0.3, 0.4) is 0 Å². The molecule has 7 heteroatoms. The van der Waals surface area contributed by atoms with Gasteiger partial charge in [-0.1, -0.05) is 0 Å². The minimum atomic E-state index is 0.324. The molecule has 4 rings (SSSR count). The van der Waals surface area contributed by atoms with Crippen LogP contribution in [0.15, 0.2) is 25.0 Å². The average Bonchev–Trinajstić information content (AvgIpc) is 3.17. The summed E-state index contributed by atoms with van der Waals surface area (Å²) >= 11 is 0. The molecule has 1 aliphatic rings. The van der Waals surface area contributed by atoms with Gasteiger partial charge in [-0.2, -0.15) is 5.10 Å². The third-order valence-corrected chi connectivity index (χ3v) is 3.84. The molecule has 0 aliphatic carbocycles. The van der Waals surface area contributed by atoms with Crippen LogP contribution < -0.4 is 4.90 Å². The van der Waals surface area contributed by atoms with E-state index in [4.69, 9.17) is 0 Å². The number of imidazole rings is 1. The van der Waals surface area contributed by atoms with E-state index < -0.39 is 0 Å². The van der Waals surface area contributed by atoms with E-state index in [1.54, 1.807) is 12.7 Å². The fourth-order valence-corrected chi connectivity index (χ4v) is 2.95. The van der Waals surface area contributed by atoms with Crippen LogP contribution in [0.5, 0.6) is 0 Å². The third-order valence-electron chi connectivity index (χ3n) is 3.84. The number of aromatic amines is 1. The molecular weight excluding hydrogens is 254 g/mol. The van der Waals surface area contributed by atoms with Gasteiger partial charge in [-0.25, -0.2) is 15.0 Å². The molecule has 20 heavy (non-hydrogen) atoms. The van der Waals surface area contributed by atoms with Crippen molar-refractivity contribution in [3.8, 4) is 0 Å². The van der Waals surface area contributed by atoms with Crippen molar-refractivity contribution in [3.63, 3.8) is 0 Å². The van der Waals surface area contributed by atoms with Crippen molar-refractivity contribution in [3.05, 3.63) is 30.6 Å². The first-order chi connectivity index (χ1) is 9.83. The molecule has 3 aromatic heterocycles. The number of fused-ring (bicyclic) bond motifs is 1. The second kappa shape index (κ2) is 4.29. The highest BCUT2D eigenvalue weighted by Gasteiger charge is 2.29. The van der Waals surface area contributed by atoms with Crippen molar-refractivity contribution in [1.29, 1.82) is 0 Å². The molecule has 1 atom stereocenters. The number of rotatable bonds is 2. The molecular formula is C13H15N7. The van der Waals surface area contributed by atoms with Gasteiger partial charge in [0.2, 0.25) is 0 Å². The van der Waals surface area contributed by atoms with Crippen molar-refractivity contribution in [2.45, 2.75) is 18.9 Å². The van der Waals surface area contributed by atoms with Crippen LogP contribution >= 0.6 is 0 Å². The lowest BCUT2D eigenvalue weighted by molar-refractivity contribution is 0.709. The highest BCUT2D eigenvalue weighted by Crippen LogP contribution is 2.36. The Morgan fingerprint density at radius 3 is 3.10 bits per heavy atom. The summed E-state index contributed by atoms with van der Waals surface area (Å²) in [5, 5.41) is 4.28. The van der Waals surface area contributed by atoms with Gasteiger partial charge < -0.3 is 9.88 Å². The summed E-state index contributed by atoms with van der Waals surface area (Å²) in [5.74, 6) is 0.929. The number of aryl methyl sites for hydroxylation is 1. The summed E-state index contributed by atoms with van der Waals surface area (Å²) < 4.78 is 1.84. The van der Waals surface area contributed by atoms with Crippen LogP contribution in [0.1, 0.15) is 24.4 Å². The molecule has 3 aromatic rings. The molecule has 0 radical (unpaired) electrons. The van der Waals surface area contributed by atoms with Crippen LogP contribution in [0.4, 0.5) is 5.82 Å². The summed E-state index contributed by atoms with van der Waals surface area (Å²) in [6, 6.07) is 0.324. The van der Waals surface area contributed by atoms with Crippen molar-refractivity contribution < 1.29 is 0 Å². The standard InChI is InChI=1S/C13H15N7/c1-19-6-9(5-18-19)10-3-2-4-20(10)13-11-12(15-7-14-11)16-8-17-13/h5-8,10H,2-4H2,1H3,(H,14,15,16,17). The Hall–Kier alpha value is -2.44. The Kier molecular flexibility index (Phi) is 2.45. The molecule has 1 fully saturated rings. The Labute approximate surface area is 115 Å². The molecule has 1 N–H and O–H groups in total.